The summed E-state index contributed by atoms with van der Waals surface area (Å²) >= 11 is 0. The van der Waals surface area contributed by atoms with Crippen molar-refractivity contribution in [3.8, 4) is 5.75 Å². The first kappa shape index (κ1) is 16.5. The average molecular weight is 329 g/mol. The first-order valence-corrected chi connectivity index (χ1v) is 8.47. The van der Waals surface area contributed by atoms with Gasteiger partial charge in [-0.05, 0) is 68.4 Å². The molecule has 0 radical (unpaired) electrons. The highest BCUT2D eigenvalue weighted by Crippen LogP contribution is 2.36. The van der Waals surface area contributed by atoms with Gasteiger partial charge in [0.2, 0.25) is 0 Å². The van der Waals surface area contributed by atoms with Crippen LogP contribution in [0, 0.1) is 5.92 Å². The Bertz CT molecular complexity index is 646. The highest BCUT2D eigenvalue weighted by Gasteiger charge is 2.52. The van der Waals surface area contributed by atoms with Crippen LogP contribution in [0.4, 0.5) is 4.79 Å². The quantitative estimate of drug-likeness (QED) is 0.682. The zero-order valence-corrected chi connectivity index (χ0v) is 14.1. The topological polar surface area (TPSA) is 71.0 Å². The molecule has 0 bridgehead atoms. The fraction of sp³-hybridized carbons (Fsp3) is 0.500. The lowest BCUT2D eigenvalue weighted by Crippen LogP contribution is -2.49. The van der Waals surface area contributed by atoms with Crippen molar-refractivity contribution in [2.45, 2.75) is 45.1 Å². The summed E-state index contributed by atoms with van der Waals surface area (Å²) in [6, 6.07) is 6.91. The van der Waals surface area contributed by atoms with E-state index in [1.807, 2.05) is 31.2 Å². The first-order valence-electron chi connectivity index (χ1n) is 8.47. The monoisotopic (exact) mass is 329 g/mol. The SMILES string of the molecule is CCOc1ccc(/C=N/N2C(=O)NC3(CCC(C)CC3)C2=O)cc1. The molecule has 3 rings (SSSR count). The lowest BCUT2D eigenvalue weighted by Gasteiger charge is -2.33. The van der Waals surface area contributed by atoms with Crippen LogP contribution in [0.5, 0.6) is 5.75 Å². The lowest BCUT2D eigenvalue weighted by atomic mass is 9.77. The smallest absolute Gasteiger partial charge is 0.346 e. The van der Waals surface area contributed by atoms with Crippen LogP contribution in [-0.2, 0) is 4.79 Å². The summed E-state index contributed by atoms with van der Waals surface area (Å²) in [5, 5.41) is 7.93. The van der Waals surface area contributed by atoms with E-state index in [1.54, 1.807) is 0 Å². The number of ether oxygens (including phenoxy) is 1. The maximum absolute atomic E-state index is 12.7. The number of nitrogens with zero attached hydrogens (tertiary/aromatic N) is 2. The lowest BCUT2D eigenvalue weighted by molar-refractivity contribution is -0.132. The van der Waals surface area contributed by atoms with E-state index in [9.17, 15) is 9.59 Å². The number of amides is 3. The minimum absolute atomic E-state index is 0.235. The summed E-state index contributed by atoms with van der Waals surface area (Å²) in [4.78, 5) is 24.8. The molecule has 1 aromatic carbocycles. The summed E-state index contributed by atoms with van der Waals surface area (Å²) in [7, 11) is 0. The largest absolute Gasteiger partial charge is 0.494 e. The molecule has 0 unspecified atom stereocenters. The molecule has 1 aromatic rings. The minimum Gasteiger partial charge on any atom is -0.494 e. The number of carbonyl (C=O) groups is 2. The average Bonchev–Trinajstić information content (AvgIpc) is 2.81. The first-order chi connectivity index (χ1) is 11.5. The predicted octanol–water partition coefficient (Wildman–Crippen LogP) is 2.92. The molecule has 128 valence electrons. The Labute approximate surface area is 141 Å². The molecular formula is C18H23N3O3. The van der Waals surface area contributed by atoms with Crippen molar-refractivity contribution in [2.75, 3.05) is 6.61 Å². The van der Waals surface area contributed by atoms with Gasteiger partial charge in [-0.1, -0.05) is 6.92 Å². The zero-order chi connectivity index (χ0) is 17.2. The standard InChI is InChI=1S/C18H23N3O3/c1-3-24-15-6-4-14(5-7-15)12-19-21-16(22)18(20-17(21)23)10-8-13(2)9-11-18/h4-7,12-13H,3,8-11H2,1-2H3,(H,20,23)/b19-12+. The van der Waals surface area contributed by atoms with E-state index in [-0.39, 0.29) is 5.91 Å². The van der Waals surface area contributed by atoms with Crippen LogP contribution in [0.3, 0.4) is 0 Å². The Morgan fingerprint density at radius 3 is 2.58 bits per heavy atom. The second kappa shape index (κ2) is 6.63. The molecular weight excluding hydrogens is 306 g/mol. The molecule has 2 fully saturated rings. The van der Waals surface area contributed by atoms with Gasteiger partial charge in [0.05, 0.1) is 12.8 Å². The summed E-state index contributed by atoms with van der Waals surface area (Å²) in [6.07, 6.45) is 4.80. The Hall–Kier alpha value is -2.37. The van der Waals surface area contributed by atoms with Gasteiger partial charge in [0, 0.05) is 0 Å². The number of hydrazone groups is 1. The second-order valence-electron chi connectivity index (χ2n) is 6.56. The van der Waals surface area contributed by atoms with Gasteiger partial charge in [-0.2, -0.15) is 5.10 Å². The molecule has 1 saturated heterocycles. The number of nitrogens with one attached hydrogen (secondary N) is 1. The second-order valence-corrected chi connectivity index (χ2v) is 6.56. The third-order valence-electron chi connectivity index (χ3n) is 4.78. The third-order valence-corrected chi connectivity index (χ3v) is 4.78. The Morgan fingerprint density at radius 2 is 1.96 bits per heavy atom. The molecule has 0 atom stereocenters. The normalized spacial score (nSPS) is 27.1. The molecule has 1 spiro atoms. The van der Waals surface area contributed by atoms with Crippen molar-refractivity contribution in [1.29, 1.82) is 0 Å². The van der Waals surface area contributed by atoms with Gasteiger partial charge in [-0.25, -0.2) is 4.79 Å². The van der Waals surface area contributed by atoms with Gasteiger partial charge in [-0.3, -0.25) is 4.79 Å². The highest BCUT2D eigenvalue weighted by molar-refractivity contribution is 6.07. The molecule has 2 aliphatic rings. The minimum atomic E-state index is -0.750. The van der Waals surface area contributed by atoms with Crippen molar-refractivity contribution in [2.24, 2.45) is 11.0 Å². The van der Waals surface area contributed by atoms with Gasteiger partial charge < -0.3 is 10.1 Å². The molecule has 0 aromatic heterocycles. The van der Waals surface area contributed by atoms with Crippen molar-refractivity contribution < 1.29 is 14.3 Å². The molecule has 1 N–H and O–H groups in total. The van der Waals surface area contributed by atoms with Crippen LogP contribution in [0.15, 0.2) is 29.4 Å². The van der Waals surface area contributed by atoms with E-state index in [0.29, 0.717) is 25.4 Å². The van der Waals surface area contributed by atoms with Crippen molar-refractivity contribution in [3.63, 3.8) is 0 Å². The summed E-state index contributed by atoms with van der Waals surface area (Å²) in [5.41, 5.74) is 0.0528. The van der Waals surface area contributed by atoms with E-state index in [1.165, 1.54) is 6.21 Å². The van der Waals surface area contributed by atoms with Crippen LogP contribution in [0.1, 0.15) is 45.1 Å². The Morgan fingerprint density at radius 1 is 1.29 bits per heavy atom. The number of carbonyl (C=O) groups excluding carboxylic acids is 2. The number of imide groups is 1. The summed E-state index contributed by atoms with van der Waals surface area (Å²) in [5.74, 6) is 1.14. The Kier molecular flexibility index (Phi) is 4.55. The van der Waals surface area contributed by atoms with Crippen LogP contribution in [-0.4, -0.2) is 35.3 Å². The van der Waals surface area contributed by atoms with Gasteiger partial charge in [-0.15, -0.1) is 5.01 Å². The predicted molar refractivity (Wildman–Crippen MR) is 90.9 cm³/mol. The summed E-state index contributed by atoms with van der Waals surface area (Å²) in [6.45, 7) is 4.71. The van der Waals surface area contributed by atoms with Crippen molar-refractivity contribution in [3.05, 3.63) is 29.8 Å². The molecule has 1 heterocycles. The fourth-order valence-corrected chi connectivity index (χ4v) is 3.25. The fourth-order valence-electron chi connectivity index (χ4n) is 3.25. The van der Waals surface area contributed by atoms with Crippen LogP contribution in [0.2, 0.25) is 0 Å². The number of rotatable bonds is 4. The highest BCUT2D eigenvalue weighted by atomic mass is 16.5. The number of hydrogen-bond acceptors (Lipinski definition) is 4. The van der Waals surface area contributed by atoms with Gasteiger partial charge in [0.15, 0.2) is 0 Å². The van der Waals surface area contributed by atoms with E-state index in [4.69, 9.17) is 4.74 Å². The molecule has 1 saturated carbocycles. The van der Waals surface area contributed by atoms with Gasteiger partial charge in [0.1, 0.15) is 11.3 Å². The maximum Gasteiger partial charge on any atom is 0.346 e. The van der Waals surface area contributed by atoms with E-state index < -0.39 is 11.6 Å². The third kappa shape index (κ3) is 3.13. The number of urea groups is 1. The molecule has 24 heavy (non-hydrogen) atoms. The summed E-state index contributed by atoms with van der Waals surface area (Å²) < 4.78 is 5.38. The number of hydrogen-bond donors (Lipinski definition) is 1. The Balaban J connectivity index is 1.70. The number of benzene rings is 1. The van der Waals surface area contributed by atoms with E-state index in [2.05, 4.69) is 17.3 Å². The molecule has 6 heteroatoms. The molecule has 1 aliphatic carbocycles. The van der Waals surface area contributed by atoms with E-state index >= 15 is 0 Å². The van der Waals surface area contributed by atoms with E-state index in [0.717, 1.165) is 29.2 Å². The molecule has 3 amide bonds. The van der Waals surface area contributed by atoms with Gasteiger partial charge in [0.25, 0.3) is 5.91 Å². The van der Waals surface area contributed by atoms with Crippen LogP contribution >= 0.6 is 0 Å². The maximum atomic E-state index is 12.7. The van der Waals surface area contributed by atoms with Gasteiger partial charge >= 0.3 is 6.03 Å². The van der Waals surface area contributed by atoms with Crippen LogP contribution in [0.25, 0.3) is 0 Å². The zero-order valence-electron chi connectivity index (χ0n) is 14.1. The van der Waals surface area contributed by atoms with Crippen molar-refractivity contribution in [1.82, 2.24) is 10.3 Å². The molecule has 1 aliphatic heterocycles. The molecule has 6 nitrogen and oxygen atoms in total. The van der Waals surface area contributed by atoms with Crippen molar-refractivity contribution >= 4 is 18.2 Å². The van der Waals surface area contributed by atoms with Crippen LogP contribution < -0.4 is 10.1 Å².